The third kappa shape index (κ3) is 7.94. The van der Waals surface area contributed by atoms with E-state index in [0.29, 0.717) is 24.9 Å². The molecular formula is C32H44N4O2. The van der Waals surface area contributed by atoms with Gasteiger partial charge in [0.15, 0.2) is 0 Å². The Bertz CT molecular complexity index is 1150. The van der Waals surface area contributed by atoms with Crippen molar-refractivity contribution in [2.75, 3.05) is 26.4 Å². The lowest BCUT2D eigenvalue weighted by molar-refractivity contribution is -0.121. The molecule has 6 nitrogen and oxygen atoms in total. The topological polar surface area (TPSA) is 59.4 Å². The Morgan fingerprint density at radius 3 is 2.37 bits per heavy atom. The van der Waals surface area contributed by atoms with Gasteiger partial charge in [-0.2, -0.15) is 5.10 Å². The molecule has 1 aromatic heterocycles. The van der Waals surface area contributed by atoms with E-state index in [9.17, 15) is 4.79 Å². The van der Waals surface area contributed by atoms with Crippen LogP contribution in [0.15, 0.2) is 60.7 Å². The number of aromatic nitrogens is 2. The molecule has 0 bridgehead atoms. The van der Waals surface area contributed by atoms with E-state index in [0.717, 1.165) is 61.8 Å². The van der Waals surface area contributed by atoms with Crippen LogP contribution >= 0.6 is 0 Å². The highest BCUT2D eigenvalue weighted by Crippen LogP contribution is 2.25. The van der Waals surface area contributed by atoms with E-state index in [4.69, 9.17) is 9.84 Å². The lowest BCUT2D eigenvalue weighted by atomic mass is 9.87. The molecule has 4 rings (SSSR count). The summed E-state index contributed by atoms with van der Waals surface area (Å²) in [6, 6.07) is 20.7. The van der Waals surface area contributed by atoms with E-state index in [1.165, 1.54) is 5.56 Å². The van der Waals surface area contributed by atoms with Gasteiger partial charge in [-0.1, -0.05) is 65.0 Å². The summed E-state index contributed by atoms with van der Waals surface area (Å²) in [6.07, 6.45) is 3.37. The smallest absolute Gasteiger partial charge is 0.227 e. The molecule has 2 heterocycles. The monoisotopic (exact) mass is 516 g/mol. The highest BCUT2D eigenvalue weighted by atomic mass is 16.5. The van der Waals surface area contributed by atoms with Crippen LogP contribution in [0.25, 0.3) is 5.69 Å². The van der Waals surface area contributed by atoms with Crippen molar-refractivity contribution < 1.29 is 9.53 Å². The first-order chi connectivity index (χ1) is 18.2. The molecule has 204 valence electrons. The first-order valence-corrected chi connectivity index (χ1v) is 14.0. The maximum absolute atomic E-state index is 12.7. The highest BCUT2D eigenvalue weighted by molar-refractivity contribution is 5.78. The van der Waals surface area contributed by atoms with Crippen molar-refractivity contribution in [2.45, 2.75) is 65.7 Å². The second kappa shape index (κ2) is 12.6. The number of likely N-dealkylation sites (tertiary alicyclic amines) is 1. The number of hydrogen-bond donors (Lipinski definition) is 1. The molecule has 1 aliphatic rings. The van der Waals surface area contributed by atoms with Gasteiger partial charge in [-0.25, -0.2) is 4.68 Å². The summed E-state index contributed by atoms with van der Waals surface area (Å²) in [5.74, 6) is 2.02. The summed E-state index contributed by atoms with van der Waals surface area (Å²) < 4.78 is 8.06. The van der Waals surface area contributed by atoms with E-state index >= 15 is 0 Å². The molecule has 1 amide bonds. The Morgan fingerprint density at radius 1 is 1.05 bits per heavy atom. The Morgan fingerprint density at radius 2 is 1.74 bits per heavy atom. The van der Waals surface area contributed by atoms with E-state index in [-0.39, 0.29) is 11.3 Å². The van der Waals surface area contributed by atoms with Crippen LogP contribution < -0.4 is 10.1 Å². The number of para-hydroxylation sites is 1. The minimum Gasteiger partial charge on any atom is -0.493 e. The van der Waals surface area contributed by atoms with Crippen LogP contribution in [0.2, 0.25) is 0 Å². The number of carbonyl (C=O) groups excluding carboxylic acids is 1. The Kier molecular flexibility index (Phi) is 9.26. The molecular weight excluding hydrogens is 472 g/mol. The molecule has 3 aromatic rings. The van der Waals surface area contributed by atoms with Gasteiger partial charge in [0.25, 0.3) is 0 Å². The Hall–Kier alpha value is -3.12. The number of carbonyl (C=O) groups is 1. The van der Waals surface area contributed by atoms with E-state index in [1.807, 2.05) is 22.9 Å². The van der Waals surface area contributed by atoms with Gasteiger partial charge < -0.3 is 10.1 Å². The second-order valence-electron chi connectivity index (χ2n) is 12.1. The maximum Gasteiger partial charge on any atom is 0.227 e. The summed E-state index contributed by atoms with van der Waals surface area (Å²) in [5.41, 5.74) is 4.46. The fourth-order valence-corrected chi connectivity index (χ4v) is 4.92. The molecule has 38 heavy (non-hydrogen) atoms. The predicted octanol–water partition coefficient (Wildman–Crippen LogP) is 5.78. The van der Waals surface area contributed by atoms with Crippen LogP contribution in [0.5, 0.6) is 5.75 Å². The number of hydrogen-bond acceptors (Lipinski definition) is 4. The van der Waals surface area contributed by atoms with Crippen molar-refractivity contribution in [2.24, 2.45) is 11.8 Å². The molecule has 1 aliphatic heterocycles. The van der Waals surface area contributed by atoms with E-state index in [1.54, 1.807) is 0 Å². The van der Waals surface area contributed by atoms with E-state index in [2.05, 4.69) is 87.3 Å². The molecule has 2 aromatic carbocycles. The molecule has 6 heteroatoms. The highest BCUT2D eigenvalue weighted by Gasteiger charge is 2.21. The summed E-state index contributed by atoms with van der Waals surface area (Å²) in [5, 5.41) is 7.88. The van der Waals surface area contributed by atoms with Crippen LogP contribution in [-0.2, 0) is 23.1 Å². The van der Waals surface area contributed by atoms with Crippen molar-refractivity contribution in [1.29, 1.82) is 0 Å². The van der Waals surface area contributed by atoms with Crippen molar-refractivity contribution in [3.8, 4) is 11.4 Å². The minimum absolute atomic E-state index is 0.0166. The summed E-state index contributed by atoms with van der Waals surface area (Å²) in [6.45, 7) is 14.3. The summed E-state index contributed by atoms with van der Waals surface area (Å²) >= 11 is 0. The molecule has 0 radical (unpaired) electrons. The number of ether oxygens (including phenoxy) is 1. The third-order valence-corrected chi connectivity index (χ3v) is 7.21. The molecule has 0 aliphatic carbocycles. The standard InChI is InChI=1S/C32H44N4O2/c1-24(2)19-29-20-27(34-36(29)28-9-7-6-8-10-28)21-31(37)33-23-35-17-15-25(16-18-35)22-38-30-13-11-26(12-14-30)32(3,4)5/h6-14,20,24-25H,15-19,21-23H2,1-5H3,(H,33,37). The molecule has 1 saturated heterocycles. The number of piperidine rings is 1. The summed E-state index contributed by atoms with van der Waals surface area (Å²) in [4.78, 5) is 15.1. The van der Waals surface area contributed by atoms with Crippen molar-refractivity contribution >= 4 is 5.91 Å². The van der Waals surface area contributed by atoms with Crippen LogP contribution in [0.3, 0.4) is 0 Å². The second-order valence-corrected chi connectivity index (χ2v) is 12.1. The molecule has 0 atom stereocenters. The quantitative estimate of drug-likeness (QED) is 0.371. The summed E-state index contributed by atoms with van der Waals surface area (Å²) in [7, 11) is 0. The molecule has 1 N–H and O–H groups in total. The maximum atomic E-state index is 12.7. The third-order valence-electron chi connectivity index (χ3n) is 7.21. The van der Waals surface area contributed by atoms with Gasteiger partial charge in [-0.15, -0.1) is 0 Å². The normalized spacial score (nSPS) is 15.1. The average molecular weight is 517 g/mol. The minimum atomic E-state index is 0.0166. The SMILES string of the molecule is CC(C)Cc1cc(CC(=O)NCN2CCC(COc3ccc(C(C)(C)C)cc3)CC2)nn1-c1ccccc1. The molecule has 0 spiro atoms. The molecule has 0 unspecified atom stereocenters. The fraction of sp³-hybridized carbons (Fsp3) is 0.500. The van der Waals surface area contributed by atoms with E-state index < -0.39 is 0 Å². The number of nitrogens with one attached hydrogen (secondary N) is 1. The zero-order chi connectivity index (χ0) is 27.1. The molecule has 0 saturated carbocycles. The van der Waals surface area contributed by atoms with Crippen molar-refractivity contribution in [3.63, 3.8) is 0 Å². The number of amides is 1. The Balaban J connectivity index is 1.20. The van der Waals surface area contributed by atoms with Crippen LogP contribution in [0.4, 0.5) is 0 Å². The average Bonchev–Trinajstić information content (AvgIpc) is 3.28. The first-order valence-electron chi connectivity index (χ1n) is 14.0. The Labute approximate surface area is 228 Å². The van der Waals surface area contributed by atoms with Crippen molar-refractivity contribution in [1.82, 2.24) is 20.0 Å². The van der Waals surface area contributed by atoms with Gasteiger partial charge in [0.1, 0.15) is 5.75 Å². The lowest BCUT2D eigenvalue weighted by Crippen LogP contribution is -2.43. The molecule has 1 fully saturated rings. The van der Waals surface area contributed by atoms with Gasteiger partial charge in [0.2, 0.25) is 5.91 Å². The number of rotatable bonds is 10. The largest absolute Gasteiger partial charge is 0.493 e. The van der Waals surface area contributed by atoms with Crippen LogP contribution in [0, 0.1) is 11.8 Å². The number of benzene rings is 2. The van der Waals surface area contributed by atoms with Gasteiger partial charge in [0.05, 0.1) is 31.1 Å². The van der Waals surface area contributed by atoms with Gasteiger partial charge in [-0.05, 0) is 72.4 Å². The first kappa shape index (κ1) is 27.9. The lowest BCUT2D eigenvalue weighted by Gasteiger charge is -2.31. The van der Waals surface area contributed by atoms with Gasteiger partial charge >= 0.3 is 0 Å². The predicted molar refractivity (Wildman–Crippen MR) is 154 cm³/mol. The zero-order valence-corrected chi connectivity index (χ0v) is 23.7. The van der Waals surface area contributed by atoms with Crippen LogP contribution in [0.1, 0.15) is 64.4 Å². The van der Waals surface area contributed by atoms with Crippen LogP contribution in [-0.4, -0.2) is 47.0 Å². The van der Waals surface area contributed by atoms with Gasteiger partial charge in [-0.3, -0.25) is 9.69 Å². The van der Waals surface area contributed by atoms with Crippen molar-refractivity contribution in [3.05, 3.63) is 77.6 Å². The van der Waals surface area contributed by atoms with Gasteiger partial charge in [0, 0.05) is 18.8 Å². The fourth-order valence-electron chi connectivity index (χ4n) is 4.92. The number of nitrogens with zero attached hydrogens (tertiary/aromatic N) is 3. The zero-order valence-electron chi connectivity index (χ0n) is 23.7.